The third-order valence-corrected chi connectivity index (χ3v) is 6.17. The van der Waals surface area contributed by atoms with Gasteiger partial charge < -0.3 is 10.0 Å². The van der Waals surface area contributed by atoms with Crippen molar-refractivity contribution in [2.24, 2.45) is 17.8 Å². The van der Waals surface area contributed by atoms with Crippen molar-refractivity contribution in [1.82, 2.24) is 4.90 Å². The molecule has 2 aliphatic rings. The Kier molecular flexibility index (Phi) is 8.90. The molecular formula is C23H39NO2. The number of amides is 1. The van der Waals surface area contributed by atoms with Crippen molar-refractivity contribution in [3.63, 3.8) is 0 Å². The van der Waals surface area contributed by atoms with Crippen molar-refractivity contribution in [1.29, 1.82) is 0 Å². The first kappa shape index (κ1) is 21.2. The highest BCUT2D eigenvalue weighted by molar-refractivity contribution is 5.75. The summed E-state index contributed by atoms with van der Waals surface area (Å²) < 4.78 is 0. The van der Waals surface area contributed by atoms with Crippen LogP contribution < -0.4 is 0 Å². The quantitative estimate of drug-likeness (QED) is 0.410. The Balaban J connectivity index is 1.71. The topological polar surface area (TPSA) is 40.5 Å². The molecule has 4 atom stereocenters. The molecule has 3 nitrogen and oxygen atoms in total. The lowest BCUT2D eigenvalue weighted by atomic mass is 9.88. The van der Waals surface area contributed by atoms with Gasteiger partial charge in [0.1, 0.15) is 0 Å². The van der Waals surface area contributed by atoms with Crippen molar-refractivity contribution in [2.45, 2.75) is 83.7 Å². The minimum Gasteiger partial charge on any atom is -0.392 e. The van der Waals surface area contributed by atoms with Gasteiger partial charge in [-0.2, -0.15) is 0 Å². The van der Waals surface area contributed by atoms with Gasteiger partial charge in [0.25, 0.3) is 0 Å². The molecule has 1 amide bonds. The molecule has 0 saturated heterocycles. The van der Waals surface area contributed by atoms with Crippen LogP contribution in [-0.2, 0) is 4.79 Å². The monoisotopic (exact) mass is 361 g/mol. The van der Waals surface area contributed by atoms with E-state index in [9.17, 15) is 9.90 Å². The molecule has 0 aromatic rings. The van der Waals surface area contributed by atoms with Crippen LogP contribution in [0.4, 0.5) is 0 Å². The lowest BCUT2D eigenvalue weighted by Crippen LogP contribution is -2.21. The fourth-order valence-electron chi connectivity index (χ4n) is 4.58. The summed E-state index contributed by atoms with van der Waals surface area (Å²) >= 11 is 0. The molecule has 2 rings (SSSR count). The zero-order valence-corrected chi connectivity index (χ0v) is 17.1. The maximum Gasteiger partial charge on any atom is 0.222 e. The van der Waals surface area contributed by atoms with Gasteiger partial charge in [-0.05, 0) is 56.8 Å². The summed E-state index contributed by atoms with van der Waals surface area (Å²) in [6.45, 7) is 2.25. The summed E-state index contributed by atoms with van der Waals surface area (Å²) in [6.07, 6.45) is 19.2. The zero-order valence-electron chi connectivity index (χ0n) is 17.1. The summed E-state index contributed by atoms with van der Waals surface area (Å²) in [7, 11) is 3.65. The molecular weight excluding hydrogens is 322 g/mol. The number of hydrogen-bond donors (Lipinski definition) is 1. The van der Waals surface area contributed by atoms with Crippen LogP contribution in [0, 0.1) is 17.8 Å². The molecule has 2 aliphatic carbocycles. The minimum atomic E-state index is -0.160. The smallest absolute Gasteiger partial charge is 0.222 e. The van der Waals surface area contributed by atoms with Gasteiger partial charge in [-0.25, -0.2) is 0 Å². The van der Waals surface area contributed by atoms with E-state index >= 15 is 0 Å². The van der Waals surface area contributed by atoms with Crippen LogP contribution in [0.3, 0.4) is 0 Å². The molecule has 148 valence electrons. The molecule has 0 spiro atoms. The molecule has 3 heteroatoms. The lowest BCUT2D eigenvalue weighted by Gasteiger charge is -2.18. The number of hydrogen-bond acceptors (Lipinski definition) is 2. The van der Waals surface area contributed by atoms with E-state index in [2.05, 4.69) is 25.2 Å². The van der Waals surface area contributed by atoms with Gasteiger partial charge in [-0.15, -0.1) is 0 Å². The Hall–Kier alpha value is -1.09. The van der Waals surface area contributed by atoms with Crippen molar-refractivity contribution in [2.75, 3.05) is 14.1 Å². The van der Waals surface area contributed by atoms with Crippen LogP contribution >= 0.6 is 0 Å². The number of unbranched alkanes of at least 4 members (excludes halogenated alkanes) is 5. The molecule has 0 radical (unpaired) electrons. The fraction of sp³-hybridized carbons (Fsp3) is 0.783. The summed E-state index contributed by atoms with van der Waals surface area (Å²) in [4.78, 5) is 13.3. The molecule has 0 aromatic heterocycles. The Bertz CT molecular complexity index is 494. The Labute approximate surface area is 160 Å². The number of rotatable bonds is 11. The van der Waals surface area contributed by atoms with Crippen molar-refractivity contribution in [3.8, 4) is 0 Å². The van der Waals surface area contributed by atoms with Gasteiger partial charge in [-0.1, -0.05) is 50.0 Å². The van der Waals surface area contributed by atoms with E-state index in [-0.39, 0.29) is 12.0 Å². The molecule has 1 saturated carbocycles. The van der Waals surface area contributed by atoms with Crippen LogP contribution in [-0.4, -0.2) is 36.1 Å². The highest BCUT2D eigenvalue weighted by Crippen LogP contribution is 2.48. The fourth-order valence-corrected chi connectivity index (χ4v) is 4.58. The summed E-state index contributed by atoms with van der Waals surface area (Å²) in [5.74, 6) is 1.75. The molecule has 0 unspecified atom stereocenters. The van der Waals surface area contributed by atoms with Crippen LogP contribution in [0.1, 0.15) is 77.6 Å². The molecule has 0 aliphatic heterocycles. The normalized spacial score (nSPS) is 27.8. The van der Waals surface area contributed by atoms with Gasteiger partial charge in [0.2, 0.25) is 5.91 Å². The number of aliphatic hydroxyl groups is 1. The molecule has 1 N–H and O–H groups in total. The van der Waals surface area contributed by atoms with Crippen LogP contribution in [0.5, 0.6) is 0 Å². The number of fused-ring (bicyclic) bond motifs is 1. The van der Waals surface area contributed by atoms with E-state index in [4.69, 9.17) is 0 Å². The largest absolute Gasteiger partial charge is 0.392 e. The highest BCUT2D eigenvalue weighted by atomic mass is 16.3. The minimum absolute atomic E-state index is 0.160. The highest BCUT2D eigenvalue weighted by Gasteiger charge is 2.42. The van der Waals surface area contributed by atoms with E-state index in [1.807, 2.05) is 14.1 Å². The summed E-state index contributed by atoms with van der Waals surface area (Å²) in [5, 5.41) is 10.4. The van der Waals surface area contributed by atoms with E-state index in [0.29, 0.717) is 24.2 Å². The molecule has 0 heterocycles. The Morgan fingerprint density at radius 2 is 2.04 bits per heavy atom. The van der Waals surface area contributed by atoms with Gasteiger partial charge in [-0.3, -0.25) is 4.79 Å². The van der Waals surface area contributed by atoms with E-state index in [0.717, 1.165) is 38.5 Å². The lowest BCUT2D eigenvalue weighted by molar-refractivity contribution is -0.128. The maximum atomic E-state index is 11.6. The number of nitrogens with zero attached hydrogens (tertiary/aromatic N) is 1. The van der Waals surface area contributed by atoms with Crippen molar-refractivity contribution >= 4 is 5.91 Å². The first-order valence-corrected chi connectivity index (χ1v) is 10.8. The maximum absolute atomic E-state index is 11.6. The van der Waals surface area contributed by atoms with Crippen molar-refractivity contribution < 1.29 is 9.90 Å². The summed E-state index contributed by atoms with van der Waals surface area (Å²) in [6, 6.07) is 0. The SMILES string of the molecule is CCCCCCC=C[C@@H]1[C@H]2CC(CCCCC(=O)N(C)C)=C[C@H]2C[C@H]1O. The second-order valence-electron chi connectivity index (χ2n) is 8.51. The van der Waals surface area contributed by atoms with Gasteiger partial charge >= 0.3 is 0 Å². The van der Waals surface area contributed by atoms with Gasteiger partial charge in [0, 0.05) is 26.4 Å². The second-order valence-corrected chi connectivity index (χ2v) is 8.51. The van der Waals surface area contributed by atoms with E-state index in [1.165, 1.54) is 25.7 Å². The van der Waals surface area contributed by atoms with Crippen molar-refractivity contribution in [3.05, 3.63) is 23.8 Å². The second kappa shape index (κ2) is 10.9. The number of carbonyl (C=O) groups excluding carboxylic acids is 1. The molecule has 0 bridgehead atoms. The number of aliphatic hydroxyl groups excluding tert-OH is 1. The summed E-state index contributed by atoms with van der Waals surface area (Å²) in [5.41, 5.74) is 1.56. The van der Waals surface area contributed by atoms with Crippen LogP contribution in [0.2, 0.25) is 0 Å². The average Bonchev–Trinajstić information content (AvgIpc) is 3.11. The van der Waals surface area contributed by atoms with E-state index in [1.54, 1.807) is 10.5 Å². The Morgan fingerprint density at radius 1 is 1.23 bits per heavy atom. The standard InChI is InChI=1S/C23H39NO2/c1-4-5-6-7-8-9-13-20-21-16-18(15-19(21)17-22(20)25)12-10-11-14-23(26)24(2)3/h9,13,15,19-22,25H,4-8,10-12,14,16-17H2,1-3H3/t19-,20+,21-,22+/m0/s1. The molecule has 26 heavy (non-hydrogen) atoms. The average molecular weight is 362 g/mol. The first-order valence-electron chi connectivity index (χ1n) is 10.8. The predicted molar refractivity (Wildman–Crippen MR) is 109 cm³/mol. The van der Waals surface area contributed by atoms with Gasteiger partial charge in [0.15, 0.2) is 0 Å². The van der Waals surface area contributed by atoms with E-state index < -0.39 is 0 Å². The third-order valence-electron chi connectivity index (χ3n) is 6.17. The van der Waals surface area contributed by atoms with Crippen LogP contribution in [0.25, 0.3) is 0 Å². The number of carbonyl (C=O) groups is 1. The van der Waals surface area contributed by atoms with Crippen LogP contribution in [0.15, 0.2) is 23.8 Å². The zero-order chi connectivity index (χ0) is 18.9. The number of allylic oxidation sites excluding steroid dienone is 3. The first-order chi connectivity index (χ1) is 12.5. The Morgan fingerprint density at radius 3 is 2.77 bits per heavy atom. The third kappa shape index (κ3) is 6.26. The molecule has 1 fully saturated rings. The molecule has 0 aromatic carbocycles. The predicted octanol–water partition coefficient (Wildman–Crippen LogP) is 5.10. The van der Waals surface area contributed by atoms with Gasteiger partial charge in [0.05, 0.1) is 6.10 Å².